The number of fused-ring (bicyclic) bond motifs is 1. The Bertz CT molecular complexity index is 1240. The predicted octanol–water partition coefficient (Wildman–Crippen LogP) is 4.44. The molecule has 0 aliphatic rings. The Morgan fingerprint density at radius 1 is 0.935 bits per heavy atom. The van der Waals surface area contributed by atoms with Gasteiger partial charge in [-0.2, -0.15) is 0 Å². The van der Waals surface area contributed by atoms with Gasteiger partial charge in [-0.15, -0.1) is 0 Å². The third kappa shape index (κ3) is 4.54. The highest BCUT2D eigenvalue weighted by Crippen LogP contribution is 2.25. The molecule has 158 valence electrons. The summed E-state index contributed by atoms with van der Waals surface area (Å²) in [6, 6.07) is 18.2. The molecule has 0 atom stereocenters. The molecule has 0 spiro atoms. The van der Waals surface area contributed by atoms with Crippen molar-refractivity contribution in [1.29, 1.82) is 0 Å². The number of rotatable bonds is 6. The van der Waals surface area contributed by atoms with E-state index in [0.717, 1.165) is 33.3 Å². The Morgan fingerprint density at radius 3 is 2.45 bits per heavy atom. The molecule has 6 heteroatoms. The molecule has 0 bridgehead atoms. The first-order valence-electron chi connectivity index (χ1n) is 10.1. The van der Waals surface area contributed by atoms with Crippen molar-refractivity contribution in [1.82, 2.24) is 9.88 Å². The highest BCUT2D eigenvalue weighted by molar-refractivity contribution is 6.06. The zero-order chi connectivity index (χ0) is 22.0. The van der Waals surface area contributed by atoms with E-state index < -0.39 is 0 Å². The van der Waals surface area contributed by atoms with Gasteiger partial charge in [0.25, 0.3) is 5.91 Å². The molecule has 1 heterocycles. The average molecular weight is 415 g/mol. The molecule has 0 fully saturated rings. The number of aryl methyl sites for hydroxylation is 2. The molecule has 0 saturated carbocycles. The molecule has 6 nitrogen and oxygen atoms in total. The maximum Gasteiger partial charge on any atom is 0.255 e. The van der Waals surface area contributed by atoms with Crippen molar-refractivity contribution in [3.63, 3.8) is 0 Å². The normalized spacial score (nSPS) is 11.0. The molecule has 0 saturated heterocycles. The molecule has 0 radical (unpaired) electrons. The fourth-order valence-corrected chi connectivity index (χ4v) is 3.62. The van der Waals surface area contributed by atoms with Crippen molar-refractivity contribution in [2.45, 2.75) is 20.0 Å². The van der Waals surface area contributed by atoms with Crippen LogP contribution in [0.25, 0.3) is 10.9 Å². The lowest BCUT2D eigenvalue weighted by Crippen LogP contribution is -2.13. The molecule has 4 N–H and O–H groups in total. The molecular formula is C25H25N3O3. The number of aromatic nitrogens is 1. The number of nitrogens with zero attached hydrogens (tertiary/aromatic N) is 1. The minimum absolute atomic E-state index is 0.130. The number of carbonyl (C=O) groups is 1. The Balaban J connectivity index is 1.50. The zero-order valence-electron chi connectivity index (χ0n) is 17.5. The van der Waals surface area contributed by atoms with Crippen molar-refractivity contribution in [2.24, 2.45) is 7.05 Å². The lowest BCUT2D eigenvalue weighted by atomic mass is 10.1. The smallest absolute Gasteiger partial charge is 0.255 e. The van der Waals surface area contributed by atoms with E-state index in [-0.39, 0.29) is 17.4 Å². The molecule has 4 rings (SSSR count). The third-order valence-corrected chi connectivity index (χ3v) is 5.33. The second kappa shape index (κ2) is 8.53. The summed E-state index contributed by atoms with van der Waals surface area (Å²) in [6.07, 6.45) is 2.05. The molecule has 1 amide bonds. The molecule has 0 unspecified atom stereocenters. The van der Waals surface area contributed by atoms with E-state index in [2.05, 4.69) is 10.6 Å². The minimum atomic E-state index is -0.145. The number of amides is 1. The van der Waals surface area contributed by atoms with Gasteiger partial charge in [0.15, 0.2) is 11.5 Å². The van der Waals surface area contributed by atoms with E-state index in [0.29, 0.717) is 18.7 Å². The average Bonchev–Trinajstić information content (AvgIpc) is 3.07. The summed E-state index contributed by atoms with van der Waals surface area (Å²) < 4.78 is 2.04. The highest BCUT2D eigenvalue weighted by Gasteiger charge is 2.12. The minimum Gasteiger partial charge on any atom is -0.504 e. The number of hydrogen-bond donors (Lipinski definition) is 4. The molecule has 0 aliphatic heterocycles. The summed E-state index contributed by atoms with van der Waals surface area (Å²) in [4.78, 5) is 12.7. The molecular weight excluding hydrogens is 390 g/mol. The number of phenolic OH excluding ortho intramolecular Hbond substituents is 2. The SMILES string of the molecule is Cc1ccc(NC(=O)c2ccc3c(c2)c(CNCc2ccc(O)c(O)c2)cn3C)cc1. The summed E-state index contributed by atoms with van der Waals surface area (Å²) in [6.45, 7) is 3.15. The standard InChI is InChI=1S/C25H25N3O3/c1-16-3-7-20(8-4-16)27-25(31)18-6-9-22-21(12-18)19(15-28(22)2)14-26-13-17-5-10-23(29)24(30)11-17/h3-12,15,26,29-30H,13-14H2,1-2H3,(H,27,31). The second-order valence-corrected chi connectivity index (χ2v) is 7.74. The van der Waals surface area contributed by atoms with Crippen LogP contribution in [0.15, 0.2) is 66.9 Å². The number of carbonyl (C=O) groups excluding carboxylic acids is 1. The van der Waals surface area contributed by atoms with E-state index in [1.54, 1.807) is 12.1 Å². The molecule has 0 aliphatic carbocycles. The van der Waals surface area contributed by atoms with Crippen LogP contribution < -0.4 is 10.6 Å². The van der Waals surface area contributed by atoms with Crippen LogP contribution in [0.2, 0.25) is 0 Å². The first-order chi connectivity index (χ1) is 14.9. The number of phenols is 2. The van der Waals surface area contributed by atoms with Gasteiger partial charge in [-0.3, -0.25) is 4.79 Å². The number of hydrogen-bond acceptors (Lipinski definition) is 4. The Kier molecular flexibility index (Phi) is 5.64. The van der Waals surface area contributed by atoms with Gasteiger partial charge in [-0.25, -0.2) is 0 Å². The highest BCUT2D eigenvalue weighted by atomic mass is 16.3. The van der Waals surface area contributed by atoms with Crippen LogP contribution in [0.1, 0.15) is 27.0 Å². The van der Waals surface area contributed by atoms with Gasteiger partial charge in [0.1, 0.15) is 0 Å². The fourth-order valence-electron chi connectivity index (χ4n) is 3.62. The van der Waals surface area contributed by atoms with Gasteiger partial charge >= 0.3 is 0 Å². The van der Waals surface area contributed by atoms with Gasteiger partial charge in [-0.1, -0.05) is 23.8 Å². The van der Waals surface area contributed by atoms with Gasteiger partial charge in [0.2, 0.25) is 0 Å². The van der Waals surface area contributed by atoms with E-state index in [4.69, 9.17) is 0 Å². The molecule has 3 aromatic carbocycles. The predicted molar refractivity (Wildman–Crippen MR) is 122 cm³/mol. The molecule has 31 heavy (non-hydrogen) atoms. The van der Waals surface area contributed by atoms with Crippen molar-refractivity contribution < 1.29 is 15.0 Å². The first-order valence-corrected chi connectivity index (χ1v) is 10.1. The van der Waals surface area contributed by atoms with Crippen LogP contribution in [0.5, 0.6) is 11.5 Å². The zero-order valence-corrected chi connectivity index (χ0v) is 17.5. The summed E-state index contributed by atoms with van der Waals surface area (Å²) in [5, 5.41) is 26.4. The van der Waals surface area contributed by atoms with Gasteiger partial charge < -0.3 is 25.4 Å². The molecule has 1 aromatic heterocycles. The largest absolute Gasteiger partial charge is 0.504 e. The third-order valence-electron chi connectivity index (χ3n) is 5.33. The molecule has 4 aromatic rings. The lowest BCUT2D eigenvalue weighted by Gasteiger charge is -2.08. The van der Waals surface area contributed by atoms with Crippen LogP contribution in [0.3, 0.4) is 0 Å². The van der Waals surface area contributed by atoms with Crippen molar-refractivity contribution >= 4 is 22.5 Å². The number of nitrogens with one attached hydrogen (secondary N) is 2. The maximum absolute atomic E-state index is 12.7. The van der Waals surface area contributed by atoms with E-state index in [1.807, 2.05) is 67.2 Å². The summed E-state index contributed by atoms with van der Waals surface area (Å²) in [5.41, 5.74) is 5.50. The van der Waals surface area contributed by atoms with Crippen LogP contribution in [-0.4, -0.2) is 20.7 Å². The van der Waals surface area contributed by atoms with Gasteiger partial charge in [-0.05, 0) is 60.5 Å². The topological polar surface area (TPSA) is 86.5 Å². The second-order valence-electron chi connectivity index (χ2n) is 7.74. The van der Waals surface area contributed by atoms with Gasteiger partial charge in [0.05, 0.1) is 0 Å². The van der Waals surface area contributed by atoms with Crippen LogP contribution in [0.4, 0.5) is 5.69 Å². The fraction of sp³-hybridized carbons (Fsp3) is 0.160. The van der Waals surface area contributed by atoms with Crippen molar-refractivity contribution in [3.8, 4) is 11.5 Å². The Morgan fingerprint density at radius 2 is 1.71 bits per heavy atom. The first kappa shape index (κ1) is 20.5. The van der Waals surface area contributed by atoms with Crippen LogP contribution >= 0.6 is 0 Å². The maximum atomic E-state index is 12.7. The Hall–Kier alpha value is -3.77. The van der Waals surface area contributed by atoms with Crippen LogP contribution in [-0.2, 0) is 20.1 Å². The summed E-state index contributed by atoms with van der Waals surface area (Å²) in [5.74, 6) is -0.406. The van der Waals surface area contributed by atoms with E-state index in [1.165, 1.54) is 6.07 Å². The number of anilines is 1. The summed E-state index contributed by atoms with van der Waals surface area (Å²) >= 11 is 0. The number of aromatic hydroxyl groups is 2. The van der Waals surface area contributed by atoms with E-state index >= 15 is 0 Å². The van der Waals surface area contributed by atoms with E-state index in [9.17, 15) is 15.0 Å². The summed E-state index contributed by atoms with van der Waals surface area (Å²) in [7, 11) is 1.98. The monoisotopic (exact) mass is 415 g/mol. The van der Waals surface area contributed by atoms with Crippen molar-refractivity contribution in [3.05, 3.63) is 89.1 Å². The Labute approximate surface area is 180 Å². The van der Waals surface area contributed by atoms with Gasteiger partial charge in [0, 0.05) is 48.5 Å². The quantitative estimate of drug-likeness (QED) is 0.351. The van der Waals surface area contributed by atoms with Crippen LogP contribution in [0, 0.1) is 6.92 Å². The lowest BCUT2D eigenvalue weighted by molar-refractivity contribution is 0.102. The number of benzene rings is 3. The van der Waals surface area contributed by atoms with Crippen molar-refractivity contribution in [2.75, 3.05) is 5.32 Å².